The smallest absolute Gasteiger partial charge is 0.240 e. The van der Waals surface area contributed by atoms with Gasteiger partial charge in [-0.05, 0) is 25.3 Å². The van der Waals surface area contributed by atoms with E-state index in [-0.39, 0.29) is 5.25 Å². The maximum atomic E-state index is 5.33. The molecule has 1 atom stereocenters. The SMILES string of the molecule is Cc1csc(S[C@H](C)c2nc(-c3cccs3)no2)n1. The molecule has 0 aliphatic carbocycles. The Hall–Kier alpha value is -1.18. The van der Waals surface area contributed by atoms with Crippen molar-refractivity contribution >= 4 is 34.4 Å². The lowest BCUT2D eigenvalue weighted by molar-refractivity contribution is 0.381. The van der Waals surface area contributed by atoms with Crippen molar-refractivity contribution in [3.05, 3.63) is 34.5 Å². The van der Waals surface area contributed by atoms with Crippen LogP contribution in [0.5, 0.6) is 0 Å². The van der Waals surface area contributed by atoms with Crippen LogP contribution in [-0.2, 0) is 0 Å². The highest BCUT2D eigenvalue weighted by Gasteiger charge is 2.18. The third-order valence-electron chi connectivity index (χ3n) is 2.41. The topological polar surface area (TPSA) is 51.8 Å². The van der Waals surface area contributed by atoms with E-state index in [1.807, 2.05) is 36.7 Å². The molecular weight excluding hydrogens is 298 g/mol. The molecule has 0 amide bonds. The maximum Gasteiger partial charge on any atom is 0.240 e. The fourth-order valence-electron chi connectivity index (χ4n) is 1.49. The molecule has 3 heterocycles. The Kier molecular flexibility index (Phi) is 3.67. The first kappa shape index (κ1) is 12.8. The largest absolute Gasteiger partial charge is 0.338 e. The molecule has 3 rings (SSSR count). The summed E-state index contributed by atoms with van der Waals surface area (Å²) in [7, 11) is 0. The van der Waals surface area contributed by atoms with E-state index in [4.69, 9.17) is 4.52 Å². The highest BCUT2D eigenvalue weighted by molar-refractivity contribution is 8.01. The molecule has 0 bridgehead atoms. The van der Waals surface area contributed by atoms with Crippen LogP contribution in [0.15, 0.2) is 31.8 Å². The number of aryl methyl sites for hydroxylation is 1. The summed E-state index contributed by atoms with van der Waals surface area (Å²) in [5.74, 6) is 1.30. The first-order chi connectivity index (χ1) is 9.22. The van der Waals surface area contributed by atoms with Gasteiger partial charge in [0.2, 0.25) is 11.7 Å². The van der Waals surface area contributed by atoms with Gasteiger partial charge in [-0.2, -0.15) is 4.98 Å². The van der Waals surface area contributed by atoms with Gasteiger partial charge in [0.05, 0.1) is 10.1 Å². The number of thiophene rings is 1. The molecule has 98 valence electrons. The Morgan fingerprint density at radius 1 is 1.32 bits per heavy atom. The minimum atomic E-state index is 0.103. The monoisotopic (exact) mass is 309 g/mol. The standard InChI is InChI=1S/C12H11N3OS3/c1-7-6-18-12(13-7)19-8(2)11-14-10(15-16-11)9-4-3-5-17-9/h3-6,8H,1-2H3/t8-/m1/s1. The van der Waals surface area contributed by atoms with Crippen molar-refractivity contribution in [2.24, 2.45) is 0 Å². The minimum absolute atomic E-state index is 0.103. The Bertz CT molecular complexity index is 659. The van der Waals surface area contributed by atoms with Crippen LogP contribution >= 0.6 is 34.4 Å². The van der Waals surface area contributed by atoms with E-state index in [0.29, 0.717) is 11.7 Å². The van der Waals surface area contributed by atoms with Gasteiger partial charge in [0.15, 0.2) is 4.34 Å². The molecule has 0 spiro atoms. The number of aromatic nitrogens is 3. The van der Waals surface area contributed by atoms with Gasteiger partial charge in [0.25, 0.3) is 0 Å². The van der Waals surface area contributed by atoms with Crippen LogP contribution in [0.4, 0.5) is 0 Å². The molecule has 0 unspecified atom stereocenters. The maximum absolute atomic E-state index is 5.33. The van der Waals surface area contributed by atoms with E-state index in [9.17, 15) is 0 Å². The van der Waals surface area contributed by atoms with E-state index in [2.05, 4.69) is 15.1 Å². The molecule has 0 fully saturated rings. The second kappa shape index (κ2) is 5.44. The molecule has 4 nitrogen and oxygen atoms in total. The number of hydrogen-bond acceptors (Lipinski definition) is 7. The summed E-state index contributed by atoms with van der Waals surface area (Å²) in [4.78, 5) is 9.90. The third-order valence-corrected chi connectivity index (χ3v) is 5.45. The molecule has 0 saturated carbocycles. The van der Waals surface area contributed by atoms with Crippen molar-refractivity contribution in [3.63, 3.8) is 0 Å². The lowest BCUT2D eigenvalue weighted by Gasteiger charge is -2.01. The van der Waals surface area contributed by atoms with Crippen LogP contribution in [0.1, 0.15) is 23.8 Å². The molecule has 19 heavy (non-hydrogen) atoms. The second-order valence-corrected chi connectivity index (χ2v) is 7.34. The zero-order chi connectivity index (χ0) is 13.2. The van der Waals surface area contributed by atoms with Crippen LogP contribution in [0, 0.1) is 6.92 Å². The Balaban J connectivity index is 1.75. The summed E-state index contributed by atoms with van der Waals surface area (Å²) >= 11 is 4.89. The zero-order valence-electron chi connectivity index (χ0n) is 10.4. The van der Waals surface area contributed by atoms with E-state index in [0.717, 1.165) is 14.9 Å². The number of thioether (sulfide) groups is 1. The van der Waals surface area contributed by atoms with Gasteiger partial charge in [-0.15, -0.1) is 22.7 Å². The Morgan fingerprint density at radius 3 is 2.89 bits per heavy atom. The predicted molar refractivity (Wildman–Crippen MR) is 78.7 cm³/mol. The molecule has 0 saturated heterocycles. The lowest BCUT2D eigenvalue weighted by atomic mass is 10.4. The van der Waals surface area contributed by atoms with Gasteiger partial charge in [-0.1, -0.05) is 23.0 Å². The third kappa shape index (κ3) is 2.88. The zero-order valence-corrected chi connectivity index (χ0v) is 12.8. The second-order valence-electron chi connectivity index (χ2n) is 3.95. The van der Waals surface area contributed by atoms with Crippen molar-refractivity contribution in [2.75, 3.05) is 0 Å². The minimum Gasteiger partial charge on any atom is -0.338 e. The number of nitrogens with zero attached hydrogens (tertiary/aromatic N) is 3. The number of thiazole rings is 1. The van der Waals surface area contributed by atoms with Crippen LogP contribution in [0.25, 0.3) is 10.7 Å². The van der Waals surface area contributed by atoms with Gasteiger partial charge in [-0.25, -0.2) is 4.98 Å². The van der Waals surface area contributed by atoms with Crippen molar-refractivity contribution in [1.82, 2.24) is 15.1 Å². The van der Waals surface area contributed by atoms with Crippen molar-refractivity contribution < 1.29 is 4.52 Å². The summed E-state index contributed by atoms with van der Waals surface area (Å²) in [5.41, 5.74) is 1.05. The molecule has 0 N–H and O–H groups in total. The normalized spacial score (nSPS) is 12.7. The van der Waals surface area contributed by atoms with Gasteiger partial charge in [0, 0.05) is 11.1 Å². The molecule has 0 aliphatic rings. The molecule has 3 aromatic heterocycles. The molecule has 0 aromatic carbocycles. The summed E-state index contributed by atoms with van der Waals surface area (Å²) in [6.45, 7) is 4.04. The van der Waals surface area contributed by atoms with Gasteiger partial charge in [-0.3, -0.25) is 0 Å². The van der Waals surface area contributed by atoms with Crippen LogP contribution in [0.3, 0.4) is 0 Å². The molecule has 0 aliphatic heterocycles. The summed E-state index contributed by atoms with van der Waals surface area (Å²) < 4.78 is 6.36. The predicted octanol–water partition coefficient (Wildman–Crippen LogP) is 4.42. The van der Waals surface area contributed by atoms with E-state index >= 15 is 0 Å². The quantitative estimate of drug-likeness (QED) is 0.668. The van der Waals surface area contributed by atoms with Crippen LogP contribution < -0.4 is 0 Å². The number of hydrogen-bond donors (Lipinski definition) is 0. The summed E-state index contributed by atoms with van der Waals surface area (Å²) in [6.07, 6.45) is 0. The fraction of sp³-hybridized carbons (Fsp3) is 0.250. The van der Waals surface area contributed by atoms with Crippen LogP contribution in [0.2, 0.25) is 0 Å². The van der Waals surface area contributed by atoms with Crippen molar-refractivity contribution in [2.45, 2.75) is 23.4 Å². The summed E-state index contributed by atoms with van der Waals surface area (Å²) in [6, 6.07) is 3.97. The van der Waals surface area contributed by atoms with Crippen molar-refractivity contribution in [3.8, 4) is 10.7 Å². The average Bonchev–Trinajstić information content (AvgIpc) is 3.08. The molecule has 7 heteroatoms. The van der Waals surface area contributed by atoms with Crippen molar-refractivity contribution in [1.29, 1.82) is 0 Å². The molecular formula is C12H11N3OS3. The first-order valence-electron chi connectivity index (χ1n) is 5.68. The summed E-state index contributed by atoms with van der Waals surface area (Å²) in [5, 5.41) is 8.17. The fourth-order valence-corrected chi connectivity index (χ4v) is 4.16. The van der Waals surface area contributed by atoms with Gasteiger partial charge >= 0.3 is 0 Å². The van der Waals surface area contributed by atoms with Gasteiger partial charge in [0.1, 0.15) is 0 Å². The van der Waals surface area contributed by atoms with E-state index < -0.39 is 0 Å². The van der Waals surface area contributed by atoms with Gasteiger partial charge < -0.3 is 4.52 Å². The Morgan fingerprint density at radius 2 is 2.21 bits per heavy atom. The molecule has 0 radical (unpaired) electrons. The first-order valence-corrected chi connectivity index (χ1v) is 8.32. The number of rotatable bonds is 4. The highest BCUT2D eigenvalue weighted by Crippen LogP contribution is 2.36. The van der Waals surface area contributed by atoms with E-state index in [1.54, 1.807) is 34.4 Å². The Labute approximate surface area is 122 Å². The average molecular weight is 309 g/mol. The lowest BCUT2D eigenvalue weighted by Crippen LogP contribution is -1.88. The van der Waals surface area contributed by atoms with E-state index in [1.165, 1.54) is 0 Å². The molecule has 3 aromatic rings. The highest BCUT2D eigenvalue weighted by atomic mass is 32.2. The van der Waals surface area contributed by atoms with Crippen LogP contribution in [-0.4, -0.2) is 15.1 Å².